The fourth-order valence-corrected chi connectivity index (χ4v) is 5.16. The molecule has 0 aliphatic carbocycles. The summed E-state index contributed by atoms with van der Waals surface area (Å²) in [5, 5.41) is 1.96. The lowest BCUT2D eigenvalue weighted by Crippen LogP contribution is -2.47. The number of methoxy groups -OCH3 is 1. The summed E-state index contributed by atoms with van der Waals surface area (Å²) in [6, 6.07) is 24.4. The Kier molecular flexibility index (Phi) is 7.26. The van der Waals surface area contributed by atoms with E-state index >= 15 is 0 Å². The predicted molar refractivity (Wildman–Crippen MR) is 152 cm³/mol. The Bertz CT molecular complexity index is 1400. The van der Waals surface area contributed by atoms with Crippen LogP contribution in [0.1, 0.15) is 29.3 Å². The minimum Gasteiger partial charge on any atom is -0.495 e. The number of fused-ring (bicyclic) bond motifs is 1. The van der Waals surface area contributed by atoms with Gasteiger partial charge in [-0.1, -0.05) is 55.5 Å². The van der Waals surface area contributed by atoms with Crippen LogP contribution in [0.25, 0.3) is 10.8 Å². The monoisotopic (exact) mass is 494 g/mol. The van der Waals surface area contributed by atoms with E-state index in [-0.39, 0.29) is 5.91 Å². The van der Waals surface area contributed by atoms with E-state index in [0.717, 1.165) is 71.9 Å². The van der Waals surface area contributed by atoms with Gasteiger partial charge in [0, 0.05) is 50.0 Å². The lowest BCUT2D eigenvalue weighted by Gasteiger charge is -2.37. The number of piperazine rings is 1. The molecule has 190 valence electrons. The van der Waals surface area contributed by atoms with Crippen molar-refractivity contribution in [3.63, 3.8) is 0 Å². The number of amides is 1. The van der Waals surface area contributed by atoms with Gasteiger partial charge in [-0.25, -0.2) is 4.98 Å². The van der Waals surface area contributed by atoms with Gasteiger partial charge in [-0.05, 0) is 48.6 Å². The van der Waals surface area contributed by atoms with Crippen molar-refractivity contribution in [2.75, 3.05) is 54.5 Å². The average molecular weight is 495 g/mol. The molecule has 0 spiro atoms. The molecule has 1 aromatic heterocycles. The maximum absolute atomic E-state index is 13.9. The number of aromatic nitrogens is 1. The highest BCUT2D eigenvalue weighted by molar-refractivity contribution is 6.15. The van der Waals surface area contributed by atoms with Crippen LogP contribution in [-0.2, 0) is 0 Å². The second kappa shape index (κ2) is 10.9. The number of pyridine rings is 1. The molecule has 37 heavy (non-hydrogen) atoms. The van der Waals surface area contributed by atoms with Crippen molar-refractivity contribution >= 4 is 33.9 Å². The maximum atomic E-state index is 13.9. The van der Waals surface area contributed by atoms with Gasteiger partial charge in [0.2, 0.25) is 0 Å². The van der Waals surface area contributed by atoms with E-state index in [1.54, 1.807) is 13.3 Å². The number of para-hydroxylation sites is 2. The summed E-state index contributed by atoms with van der Waals surface area (Å²) in [5.41, 5.74) is 3.82. The molecule has 0 radical (unpaired) electrons. The zero-order valence-electron chi connectivity index (χ0n) is 21.9. The van der Waals surface area contributed by atoms with Gasteiger partial charge >= 0.3 is 0 Å². The Hall–Kier alpha value is -4.06. The third-order valence-electron chi connectivity index (χ3n) is 7.02. The van der Waals surface area contributed by atoms with Crippen LogP contribution < -0.4 is 19.4 Å². The third kappa shape index (κ3) is 4.96. The van der Waals surface area contributed by atoms with Crippen molar-refractivity contribution in [2.45, 2.75) is 20.3 Å². The molecule has 0 N–H and O–H groups in total. The molecule has 6 nitrogen and oxygen atoms in total. The average Bonchev–Trinajstić information content (AvgIpc) is 2.95. The number of carbonyl (C=O) groups is 1. The topological polar surface area (TPSA) is 48.9 Å². The molecule has 6 heteroatoms. The molecular formula is C31H34N4O2. The molecule has 0 unspecified atom stereocenters. The minimum atomic E-state index is -0.0105. The quantitative estimate of drug-likeness (QED) is 0.318. The van der Waals surface area contributed by atoms with Gasteiger partial charge in [-0.15, -0.1) is 0 Å². The smallest absolute Gasteiger partial charge is 0.260 e. The summed E-state index contributed by atoms with van der Waals surface area (Å²) < 4.78 is 5.57. The first-order valence-electron chi connectivity index (χ1n) is 13.0. The third-order valence-corrected chi connectivity index (χ3v) is 7.02. The SMILES string of the molecule is CCCN(C(=O)c1cnc(N2CCN(c3ccccc3OC)CC2)c2ccccc12)c1cccc(C)c1. The molecule has 1 saturated heterocycles. The number of nitrogens with zero attached hydrogens (tertiary/aromatic N) is 4. The van der Waals surface area contributed by atoms with Gasteiger partial charge in [0.25, 0.3) is 5.91 Å². The van der Waals surface area contributed by atoms with Crippen LogP contribution in [0.4, 0.5) is 17.2 Å². The first-order chi connectivity index (χ1) is 18.1. The minimum absolute atomic E-state index is 0.0105. The molecule has 4 aromatic rings. The van der Waals surface area contributed by atoms with Gasteiger partial charge in [0.05, 0.1) is 18.4 Å². The molecule has 0 bridgehead atoms. The van der Waals surface area contributed by atoms with Crippen LogP contribution in [0.5, 0.6) is 5.75 Å². The van der Waals surface area contributed by atoms with Gasteiger partial charge in [0.1, 0.15) is 11.6 Å². The first-order valence-corrected chi connectivity index (χ1v) is 13.0. The highest BCUT2D eigenvalue weighted by atomic mass is 16.5. The first kappa shape index (κ1) is 24.6. The van der Waals surface area contributed by atoms with E-state index in [1.165, 1.54) is 0 Å². The van der Waals surface area contributed by atoms with Gasteiger partial charge < -0.3 is 19.4 Å². The zero-order chi connectivity index (χ0) is 25.8. The summed E-state index contributed by atoms with van der Waals surface area (Å²) in [5.74, 6) is 1.82. The fraction of sp³-hybridized carbons (Fsp3) is 0.290. The summed E-state index contributed by atoms with van der Waals surface area (Å²) in [4.78, 5) is 25.3. The van der Waals surface area contributed by atoms with Gasteiger partial charge in [-0.2, -0.15) is 0 Å². The van der Waals surface area contributed by atoms with Crippen LogP contribution in [0.2, 0.25) is 0 Å². The summed E-state index contributed by atoms with van der Waals surface area (Å²) >= 11 is 0. The normalized spacial score (nSPS) is 13.6. The number of aryl methyl sites for hydroxylation is 1. The molecule has 0 atom stereocenters. The number of carbonyl (C=O) groups excluding carboxylic acids is 1. The largest absolute Gasteiger partial charge is 0.495 e. The molecule has 1 aliphatic rings. The molecule has 1 aliphatic heterocycles. The van der Waals surface area contributed by atoms with Crippen LogP contribution in [-0.4, -0.2) is 50.7 Å². The molecule has 2 heterocycles. The summed E-state index contributed by atoms with van der Waals surface area (Å²) in [6.07, 6.45) is 2.64. The summed E-state index contributed by atoms with van der Waals surface area (Å²) in [7, 11) is 1.72. The van der Waals surface area contributed by atoms with E-state index < -0.39 is 0 Å². The zero-order valence-corrected chi connectivity index (χ0v) is 21.9. The maximum Gasteiger partial charge on any atom is 0.260 e. The van der Waals surface area contributed by atoms with Crippen LogP contribution in [0.3, 0.4) is 0 Å². The number of benzene rings is 3. The van der Waals surface area contributed by atoms with Crippen LogP contribution >= 0.6 is 0 Å². The second-order valence-electron chi connectivity index (χ2n) is 9.48. The lowest BCUT2D eigenvalue weighted by molar-refractivity contribution is 0.0988. The van der Waals surface area contributed by atoms with E-state index in [2.05, 4.69) is 47.9 Å². The van der Waals surface area contributed by atoms with Gasteiger partial charge in [-0.3, -0.25) is 4.79 Å². The predicted octanol–water partition coefficient (Wildman–Crippen LogP) is 5.94. The molecule has 1 fully saturated rings. The van der Waals surface area contributed by atoms with Crippen molar-refractivity contribution in [1.82, 2.24) is 4.98 Å². The van der Waals surface area contributed by atoms with Crippen molar-refractivity contribution in [3.05, 3.63) is 90.1 Å². The van der Waals surface area contributed by atoms with Crippen LogP contribution in [0, 0.1) is 6.92 Å². The lowest BCUT2D eigenvalue weighted by atomic mass is 10.0. The van der Waals surface area contributed by atoms with E-state index in [4.69, 9.17) is 9.72 Å². The molecule has 0 saturated carbocycles. The Morgan fingerprint density at radius 3 is 2.35 bits per heavy atom. The molecule has 5 rings (SSSR count). The Morgan fingerprint density at radius 2 is 1.62 bits per heavy atom. The Balaban J connectivity index is 1.43. The standard InChI is InChI=1S/C31H34N4O2/c1-4-16-35(24-11-9-10-23(2)21-24)31(36)27-22-32-30(26-13-6-5-12-25(26)27)34-19-17-33(18-20-34)28-14-7-8-15-29(28)37-3/h5-15,21-22H,4,16-20H2,1-3H3. The Morgan fingerprint density at radius 1 is 0.919 bits per heavy atom. The van der Waals surface area contributed by atoms with Crippen molar-refractivity contribution < 1.29 is 9.53 Å². The van der Waals surface area contributed by atoms with Gasteiger partial charge in [0.15, 0.2) is 0 Å². The number of rotatable bonds is 7. The highest BCUT2D eigenvalue weighted by Gasteiger charge is 2.25. The molecule has 3 aromatic carbocycles. The van der Waals surface area contributed by atoms with E-state index in [0.29, 0.717) is 12.1 Å². The van der Waals surface area contributed by atoms with Crippen molar-refractivity contribution in [2.24, 2.45) is 0 Å². The number of ether oxygens (including phenoxy) is 1. The highest BCUT2D eigenvalue weighted by Crippen LogP contribution is 2.32. The van der Waals surface area contributed by atoms with E-state index in [1.807, 2.05) is 53.4 Å². The second-order valence-corrected chi connectivity index (χ2v) is 9.48. The van der Waals surface area contributed by atoms with Crippen molar-refractivity contribution in [1.29, 1.82) is 0 Å². The molecular weight excluding hydrogens is 460 g/mol. The number of anilines is 3. The summed E-state index contributed by atoms with van der Waals surface area (Å²) in [6.45, 7) is 8.23. The fourth-order valence-electron chi connectivity index (χ4n) is 5.16. The van der Waals surface area contributed by atoms with Crippen molar-refractivity contribution in [3.8, 4) is 5.75 Å². The van der Waals surface area contributed by atoms with Crippen LogP contribution in [0.15, 0.2) is 79.0 Å². The number of hydrogen-bond acceptors (Lipinski definition) is 5. The molecule has 1 amide bonds. The number of hydrogen-bond donors (Lipinski definition) is 0. The Labute approximate surface area is 219 Å². The van der Waals surface area contributed by atoms with E-state index in [9.17, 15) is 4.79 Å².